The van der Waals surface area contributed by atoms with Gasteiger partial charge in [0.05, 0.1) is 12.7 Å². The molecule has 2 N–H and O–H groups in total. The number of ether oxygens (including phenoxy) is 1. The van der Waals surface area contributed by atoms with Gasteiger partial charge in [0.1, 0.15) is 5.75 Å². The molecule has 0 aliphatic heterocycles. The molecule has 0 radical (unpaired) electrons. The summed E-state index contributed by atoms with van der Waals surface area (Å²) in [5, 5.41) is 13.0. The molecule has 1 saturated carbocycles. The predicted molar refractivity (Wildman–Crippen MR) is 81.9 cm³/mol. The van der Waals surface area contributed by atoms with Crippen LogP contribution in [0.25, 0.3) is 0 Å². The maximum absolute atomic E-state index is 9.49. The first-order chi connectivity index (χ1) is 9.78. The molecule has 0 spiro atoms. The summed E-state index contributed by atoms with van der Waals surface area (Å²) in [4.78, 5) is 0. The van der Waals surface area contributed by atoms with Crippen LogP contribution in [0, 0.1) is 5.92 Å². The lowest BCUT2D eigenvalue weighted by Crippen LogP contribution is -2.21. The van der Waals surface area contributed by atoms with Crippen molar-refractivity contribution < 1.29 is 9.84 Å². The highest BCUT2D eigenvalue weighted by Crippen LogP contribution is 2.24. The van der Waals surface area contributed by atoms with Crippen LogP contribution in [0.2, 0.25) is 0 Å². The van der Waals surface area contributed by atoms with Gasteiger partial charge in [-0.25, -0.2) is 0 Å². The Hall–Kier alpha value is -1.06. The van der Waals surface area contributed by atoms with Crippen LogP contribution in [0.4, 0.5) is 0 Å². The average Bonchev–Trinajstić information content (AvgIpc) is 2.87. The van der Waals surface area contributed by atoms with Crippen molar-refractivity contribution in [3.05, 3.63) is 29.8 Å². The van der Waals surface area contributed by atoms with Crippen LogP contribution in [0.1, 0.15) is 44.6 Å². The van der Waals surface area contributed by atoms with Crippen molar-refractivity contribution in [1.82, 2.24) is 5.32 Å². The van der Waals surface area contributed by atoms with Crippen molar-refractivity contribution in [3.63, 3.8) is 0 Å². The van der Waals surface area contributed by atoms with Crippen LogP contribution in [0.15, 0.2) is 24.3 Å². The Kier molecular flexibility index (Phi) is 6.34. The lowest BCUT2D eigenvalue weighted by molar-refractivity contribution is 0.177. The van der Waals surface area contributed by atoms with Crippen molar-refractivity contribution >= 4 is 0 Å². The lowest BCUT2D eigenvalue weighted by atomic mass is 10.1. The van der Waals surface area contributed by atoms with E-state index in [0.717, 1.165) is 57.6 Å². The minimum atomic E-state index is -0.0682. The fraction of sp³-hybridized carbons (Fsp3) is 0.647. The standard InChI is InChI=1S/C17H27NO2/c1-2-3-10-20-17-8-5-14(6-9-17)12-18-13-15-4-7-16(19)11-15/h5-6,8-9,15-16,18-19H,2-4,7,10-13H2,1H3. The van der Waals surface area contributed by atoms with Gasteiger partial charge in [0.2, 0.25) is 0 Å². The summed E-state index contributed by atoms with van der Waals surface area (Å²) in [6.45, 7) is 4.87. The third-order valence-corrected chi connectivity index (χ3v) is 3.97. The summed E-state index contributed by atoms with van der Waals surface area (Å²) in [6, 6.07) is 8.34. The van der Waals surface area contributed by atoms with E-state index >= 15 is 0 Å². The molecular formula is C17H27NO2. The Morgan fingerprint density at radius 3 is 2.70 bits per heavy atom. The highest BCUT2D eigenvalue weighted by molar-refractivity contribution is 5.27. The van der Waals surface area contributed by atoms with Crippen molar-refractivity contribution in [3.8, 4) is 5.75 Å². The summed E-state index contributed by atoms with van der Waals surface area (Å²) in [6.07, 6.45) is 5.28. The third kappa shape index (κ3) is 5.14. The van der Waals surface area contributed by atoms with Crippen molar-refractivity contribution in [2.45, 2.75) is 51.7 Å². The van der Waals surface area contributed by atoms with Crippen molar-refractivity contribution in [2.24, 2.45) is 5.92 Å². The second kappa shape index (κ2) is 8.28. The fourth-order valence-electron chi connectivity index (χ4n) is 2.69. The highest BCUT2D eigenvalue weighted by Gasteiger charge is 2.21. The Morgan fingerprint density at radius 1 is 1.25 bits per heavy atom. The Balaban J connectivity index is 1.65. The van der Waals surface area contributed by atoms with Crippen LogP contribution in [0.5, 0.6) is 5.75 Å². The second-order valence-electron chi connectivity index (χ2n) is 5.81. The smallest absolute Gasteiger partial charge is 0.119 e. The largest absolute Gasteiger partial charge is 0.494 e. The van der Waals surface area contributed by atoms with E-state index < -0.39 is 0 Å². The van der Waals surface area contributed by atoms with Gasteiger partial charge in [-0.1, -0.05) is 25.5 Å². The second-order valence-corrected chi connectivity index (χ2v) is 5.81. The van der Waals surface area contributed by atoms with Gasteiger partial charge in [-0.15, -0.1) is 0 Å². The number of aliphatic hydroxyl groups is 1. The van der Waals surface area contributed by atoms with Gasteiger partial charge >= 0.3 is 0 Å². The first-order valence-electron chi connectivity index (χ1n) is 7.88. The van der Waals surface area contributed by atoms with E-state index in [1.165, 1.54) is 5.56 Å². The van der Waals surface area contributed by atoms with Crippen LogP contribution >= 0.6 is 0 Å². The minimum absolute atomic E-state index is 0.0682. The molecule has 20 heavy (non-hydrogen) atoms. The zero-order valence-corrected chi connectivity index (χ0v) is 12.5. The topological polar surface area (TPSA) is 41.5 Å². The Morgan fingerprint density at radius 2 is 2.05 bits per heavy atom. The van der Waals surface area contributed by atoms with E-state index in [1.807, 2.05) is 12.1 Å². The minimum Gasteiger partial charge on any atom is -0.494 e. The molecule has 1 aromatic carbocycles. The van der Waals surface area contributed by atoms with Gasteiger partial charge in [0, 0.05) is 6.54 Å². The third-order valence-electron chi connectivity index (χ3n) is 3.97. The molecule has 3 nitrogen and oxygen atoms in total. The normalized spacial score (nSPS) is 22.1. The first kappa shape index (κ1) is 15.3. The van der Waals surface area contributed by atoms with Gasteiger partial charge in [-0.05, 0) is 55.8 Å². The molecule has 1 aliphatic rings. The number of nitrogens with one attached hydrogen (secondary N) is 1. The van der Waals surface area contributed by atoms with Crippen molar-refractivity contribution in [1.29, 1.82) is 0 Å². The van der Waals surface area contributed by atoms with E-state index in [4.69, 9.17) is 4.74 Å². The van der Waals surface area contributed by atoms with E-state index in [2.05, 4.69) is 24.4 Å². The molecule has 1 fully saturated rings. The molecule has 0 saturated heterocycles. The highest BCUT2D eigenvalue weighted by atomic mass is 16.5. The summed E-state index contributed by atoms with van der Waals surface area (Å²) < 4.78 is 5.65. The maximum atomic E-state index is 9.49. The number of hydrogen-bond acceptors (Lipinski definition) is 3. The summed E-state index contributed by atoms with van der Waals surface area (Å²) >= 11 is 0. The molecule has 1 aliphatic carbocycles. The van der Waals surface area contributed by atoms with E-state index in [1.54, 1.807) is 0 Å². The Bertz CT molecular complexity index is 377. The molecule has 0 heterocycles. The zero-order valence-electron chi connectivity index (χ0n) is 12.5. The predicted octanol–water partition coefficient (Wildman–Crippen LogP) is 3.12. The van der Waals surface area contributed by atoms with E-state index in [0.29, 0.717) is 5.92 Å². The molecule has 112 valence electrons. The van der Waals surface area contributed by atoms with Gasteiger partial charge in [0.25, 0.3) is 0 Å². The lowest BCUT2D eigenvalue weighted by Gasteiger charge is -2.11. The monoisotopic (exact) mass is 277 g/mol. The van der Waals surface area contributed by atoms with Crippen LogP contribution in [-0.2, 0) is 6.54 Å². The van der Waals surface area contributed by atoms with Gasteiger partial charge in [0.15, 0.2) is 0 Å². The quantitative estimate of drug-likeness (QED) is 0.717. The number of unbranched alkanes of at least 4 members (excludes halogenated alkanes) is 1. The Labute approximate surface area is 122 Å². The number of hydrogen-bond donors (Lipinski definition) is 2. The van der Waals surface area contributed by atoms with Crippen molar-refractivity contribution in [2.75, 3.05) is 13.2 Å². The molecule has 2 atom stereocenters. The number of aliphatic hydroxyl groups excluding tert-OH is 1. The summed E-state index contributed by atoms with van der Waals surface area (Å²) in [5.41, 5.74) is 1.28. The fourth-order valence-corrected chi connectivity index (χ4v) is 2.69. The molecule has 2 unspecified atom stereocenters. The molecule has 0 bridgehead atoms. The SMILES string of the molecule is CCCCOc1ccc(CNCC2CCC(O)C2)cc1. The zero-order chi connectivity index (χ0) is 14.2. The molecule has 1 aromatic rings. The van der Waals surface area contributed by atoms with Gasteiger partial charge in [-0.3, -0.25) is 0 Å². The number of rotatable bonds is 8. The molecule has 0 amide bonds. The molecule has 3 heteroatoms. The van der Waals surface area contributed by atoms with Gasteiger partial charge < -0.3 is 15.2 Å². The number of benzene rings is 1. The van der Waals surface area contributed by atoms with Crippen LogP contribution in [0.3, 0.4) is 0 Å². The maximum Gasteiger partial charge on any atom is 0.119 e. The first-order valence-corrected chi connectivity index (χ1v) is 7.88. The molecular weight excluding hydrogens is 250 g/mol. The van der Waals surface area contributed by atoms with Crippen LogP contribution in [-0.4, -0.2) is 24.4 Å². The van der Waals surface area contributed by atoms with E-state index in [9.17, 15) is 5.11 Å². The van der Waals surface area contributed by atoms with Crippen LogP contribution < -0.4 is 10.1 Å². The summed E-state index contributed by atoms with van der Waals surface area (Å²) in [7, 11) is 0. The summed E-state index contributed by atoms with van der Waals surface area (Å²) in [5.74, 6) is 1.60. The van der Waals surface area contributed by atoms with E-state index in [-0.39, 0.29) is 6.10 Å². The molecule has 0 aromatic heterocycles. The molecule has 2 rings (SSSR count). The average molecular weight is 277 g/mol. The van der Waals surface area contributed by atoms with Gasteiger partial charge in [-0.2, -0.15) is 0 Å².